The second-order valence-corrected chi connectivity index (χ2v) is 4.72. The van der Waals surface area contributed by atoms with Gasteiger partial charge in [-0.15, -0.1) is 0 Å². The number of nitrogens with zero attached hydrogens (tertiary/aromatic N) is 1. The van der Waals surface area contributed by atoms with Crippen molar-refractivity contribution in [3.63, 3.8) is 0 Å². The average molecular weight is 295 g/mol. The Morgan fingerprint density at radius 3 is 2.59 bits per heavy atom. The number of carbonyl (C=O) groups excluding carboxylic acids is 2. The van der Waals surface area contributed by atoms with Crippen LogP contribution < -0.4 is 11.1 Å². The fraction of sp³-hybridized carbons (Fsp3) is 0.118. The minimum atomic E-state index is -0.757. The maximum absolute atomic E-state index is 12.0. The van der Waals surface area contributed by atoms with Crippen molar-refractivity contribution in [3.8, 4) is 0 Å². The summed E-state index contributed by atoms with van der Waals surface area (Å²) < 4.78 is 0. The van der Waals surface area contributed by atoms with Crippen LogP contribution in [0.25, 0.3) is 6.08 Å². The van der Waals surface area contributed by atoms with Crippen molar-refractivity contribution in [2.24, 2.45) is 5.73 Å². The molecule has 22 heavy (non-hydrogen) atoms. The van der Waals surface area contributed by atoms with E-state index in [-0.39, 0.29) is 5.91 Å². The summed E-state index contributed by atoms with van der Waals surface area (Å²) in [7, 11) is 0. The van der Waals surface area contributed by atoms with E-state index in [1.165, 1.54) is 6.20 Å². The van der Waals surface area contributed by atoms with Gasteiger partial charge >= 0.3 is 0 Å². The number of pyridine rings is 1. The molecular formula is C17H17N3O2. The minimum absolute atomic E-state index is 0.330. The third kappa shape index (κ3) is 4.56. The van der Waals surface area contributed by atoms with Gasteiger partial charge in [0.25, 0.3) is 5.91 Å². The molecule has 0 aliphatic rings. The molecule has 1 aromatic carbocycles. The lowest BCUT2D eigenvalue weighted by molar-refractivity contribution is -0.119. The van der Waals surface area contributed by atoms with Crippen LogP contribution in [-0.4, -0.2) is 22.8 Å². The van der Waals surface area contributed by atoms with E-state index in [0.717, 1.165) is 5.56 Å². The van der Waals surface area contributed by atoms with Gasteiger partial charge in [-0.1, -0.05) is 42.5 Å². The third-order valence-corrected chi connectivity index (χ3v) is 3.05. The Bertz CT molecular complexity index is 654. The molecule has 0 radical (unpaired) electrons. The van der Waals surface area contributed by atoms with E-state index in [1.807, 2.05) is 42.5 Å². The Morgan fingerprint density at radius 2 is 1.95 bits per heavy atom. The summed E-state index contributed by atoms with van der Waals surface area (Å²) in [5.74, 6) is -0.944. The molecule has 0 spiro atoms. The van der Waals surface area contributed by atoms with E-state index >= 15 is 0 Å². The molecule has 1 atom stereocenters. The smallest absolute Gasteiger partial charge is 0.253 e. The molecule has 0 saturated carbocycles. The van der Waals surface area contributed by atoms with Crippen LogP contribution in [-0.2, 0) is 4.79 Å². The SMILES string of the molecule is NC(=O)[C@@H](C/C=C/c1ccccc1)NC(=O)c1cccnc1. The lowest BCUT2D eigenvalue weighted by Crippen LogP contribution is -2.44. The number of hydrogen-bond acceptors (Lipinski definition) is 3. The highest BCUT2D eigenvalue weighted by Crippen LogP contribution is 2.04. The Kier molecular flexibility index (Phi) is 5.43. The van der Waals surface area contributed by atoms with E-state index < -0.39 is 11.9 Å². The first-order valence-corrected chi connectivity index (χ1v) is 6.88. The van der Waals surface area contributed by atoms with Gasteiger partial charge in [-0.3, -0.25) is 14.6 Å². The zero-order valence-electron chi connectivity index (χ0n) is 12.0. The summed E-state index contributed by atoms with van der Waals surface area (Å²) in [4.78, 5) is 27.3. The summed E-state index contributed by atoms with van der Waals surface area (Å²) in [6.45, 7) is 0. The number of amides is 2. The fourth-order valence-corrected chi connectivity index (χ4v) is 1.89. The Morgan fingerprint density at radius 1 is 1.18 bits per heavy atom. The van der Waals surface area contributed by atoms with Crippen molar-refractivity contribution in [3.05, 3.63) is 72.1 Å². The van der Waals surface area contributed by atoms with Crippen LogP contribution in [0.5, 0.6) is 0 Å². The van der Waals surface area contributed by atoms with Crippen molar-refractivity contribution < 1.29 is 9.59 Å². The zero-order chi connectivity index (χ0) is 15.8. The second kappa shape index (κ2) is 7.73. The van der Waals surface area contributed by atoms with Crippen molar-refractivity contribution in [2.75, 3.05) is 0 Å². The summed E-state index contributed by atoms with van der Waals surface area (Å²) in [6.07, 6.45) is 7.04. The fourth-order valence-electron chi connectivity index (χ4n) is 1.89. The van der Waals surface area contributed by atoms with Crippen LogP contribution in [0.15, 0.2) is 60.9 Å². The molecule has 112 valence electrons. The first-order chi connectivity index (χ1) is 10.7. The number of primary amides is 1. The number of nitrogens with one attached hydrogen (secondary N) is 1. The van der Waals surface area contributed by atoms with Gasteiger partial charge in [0.2, 0.25) is 5.91 Å². The first-order valence-electron chi connectivity index (χ1n) is 6.88. The Labute approximate surface area is 128 Å². The van der Waals surface area contributed by atoms with Gasteiger partial charge < -0.3 is 11.1 Å². The van der Waals surface area contributed by atoms with Gasteiger partial charge in [0, 0.05) is 12.4 Å². The highest BCUT2D eigenvalue weighted by Gasteiger charge is 2.17. The van der Waals surface area contributed by atoms with E-state index in [4.69, 9.17) is 5.73 Å². The largest absolute Gasteiger partial charge is 0.368 e. The van der Waals surface area contributed by atoms with Crippen LogP contribution in [0.3, 0.4) is 0 Å². The average Bonchev–Trinajstić information content (AvgIpc) is 2.55. The van der Waals surface area contributed by atoms with Gasteiger partial charge in [-0.2, -0.15) is 0 Å². The molecule has 2 aromatic rings. The van der Waals surface area contributed by atoms with Crippen LogP contribution in [0.2, 0.25) is 0 Å². The molecule has 0 fully saturated rings. The number of hydrogen-bond donors (Lipinski definition) is 2. The van der Waals surface area contributed by atoms with Crippen LogP contribution in [0, 0.1) is 0 Å². The number of aromatic nitrogens is 1. The Hall–Kier alpha value is -2.95. The summed E-state index contributed by atoms with van der Waals surface area (Å²) in [6, 6.07) is 12.2. The molecule has 0 bridgehead atoms. The monoisotopic (exact) mass is 295 g/mol. The standard InChI is InChI=1S/C17H17N3O2/c18-16(21)15(10-4-8-13-6-2-1-3-7-13)20-17(22)14-9-5-11-19-12-14/h1-9,11-12,15H,10H2,(H2,18,21)(H,20,22)/b8-4+/t15-/m1/s1. The number of nitrogens with two attached hydrogens (primary N) is 1. The highest BCUT2D eigenvalue weighted by molar-refractivity contribution is 5.97. The maximum Gasteiger partial charge on any atom is 0.253 e. The molecule has 2 rings (SSSR count). The third-order valence-electron chi connectivity index (χ3n) is 3.05. The van der Waals surface area contributed by atoms with Crippen molar-refractivity contribution in [1.82, 2.24) is 10.3 Å². The second-order valence-electron chi connectivity index (χ2n) is 4.72. The lowest BCUT2D eigenvalue weighted by atomic mass is 10.1. The van der Waals surface area contributed by atoms with Crippen molar-refractivity contribution in [1.29, 1.82) is 0 Å². The van der Waals surface area contributed by atoms with Crippen LogP contribution in [0.1, 0.15) is 22.3 Å². The topological polar surface area (TPSA) is 85.1 Å². The predicted molar refractivity (Wildman–Crippen MR) is 84.8 cm³/mol. The zero-order valence-corrected chi connectivity index (χ0v) is 12.0. The normalized spacial score (nSPS) is 12.0. The lowest BCUT2D eigenvalue weighted by Gasteiger charge is -2.13. The van der Waals surface area contributed by atoms with E-state index in [0.29, 0.717) is 12.0 Å². The quantitative estimate of drug-likeness (QED) is 0.851. The Balaban J connectivity index is 1.97. The number of carbonyl (C=O) groups is 2. The van der Waals surface area contributed by atoms with E-state index in [9.17, 15) is 9.59 Å². The molecule has 0 saturated heterocycles. The number of rotatable bonds is 6. The highest BCUT2D eigenvalue weighted by atomic mass is 16.2. The number of benzene rings is 1. The van der Waals surface area contributed by atoms with Crippen molar-refractivity contribution in [2.45, 2.75) is 12.5 Å². The summed E-state index contributed by atoms with van der Waals surface area (Å²) in [5, 5.41) is 2.61. The molecule has 1 heterocycles. The van der Waals surface area contributed by atoms with Crippen molar-refractivity contribution >= 4 is 17.9 Å². The molecular weight excluding hydrogens is 278 g/mol. The molecule has 5 nitrogen and oxygen atoms in total. The van der Waals surface area contributed by atoms with E-state index in [1.54, 1.807) is 18.3 Å². The van der Waals surface area contributed by atoms with Gasteiger partial charge in [-0.25, -0.2) is 0 Å². The predicted octanol–water partition coefficient (Wildman–Crippen LogP) is 1.77. The summed E-state index contributed by atoms with van der Waals surface area (Å²) in [5.41, 5.74) is 6.75. The van der Waals surface area contributed by atoms with Gasteiger partial charge in [0.1, 0.15) is 6.04 Å². The molecule has 0 aliphatic carbocycles. The van der Waals surface area contributed by atoms with Crippen LogP contribution >= 0.6 is 0 Å². The minimum Gasteiger partial charge on any atom is -0.368 e. The molecule has 5 heteroatoms. The molecule has 0 aliphatic heterocycles. The van der Waals surface area contributed by atoms with Gasteiger partial charge in [0.15, 0.2) is 0 Å². The van der Waals surface area contributed by atoms with E-state index in [2.05, 4.69) is 10.3 Å². The molecule has 1 aromatic heterocycles. The van der Waals surface area contributed by atoms with Gasteiger partial charge in [0.05, 0.1) is 5.56 Å². The first kappa shape index (κ1) is 15.4. The van der Waals surface area contributed by atoms with Gasteiger partial charge in [-0.05, 0) is 24.1 Å². The maximum atomic E-state index is 12.0. The van der Waals surface area contributed by atoms with Crippen LogP contribution in [0.4, 0.5) is 0 Å². The molecule has 0 unspecified atom stereocenters. The summed E-state index contributed by atoms with van der Waals surface area (Å²) >= 11 is 0. The molecule has 2 amide bonds. The molecule has 3 N–H and O–H groups in total.